The minimum absolute atomic E-state index is 0.153. The van der Waals surface area contributed by atoms with Gasteiger partial charge in [0.1, 0.15) is 11.5 Å². The molecule has 0 aromatic carbocycles. The van der Waals surface area contributed by atoms with Crippen LogP contribution < -0.4 is 11.6 Å². The van der Waals surface area contributed by atoms with Crippen LogP contribution in [0.1, 0.15) is 24.0 Å². The highest BCUT2D eigenvalue weighted by atomic mass is 16.3. The first-order valence-corrected chi connectivity index (χ1v) is 4.34. The molecule has 0 spiro atoms. The summed E-state index contributed by atoms with van der Waals surface area (Å²) in [6.07, 6.45) is 0.153. The van der Waals surface area contributed by atoms with Crippen LogP contribution in [0.5, 0.6) is 0 Å². The molecule has 0 saturated heterocycles. The summed E-state index contributed by atoms with van der Waals surface area (Å²) in [7, 11) is 1.49. The molecule has 1 unspecified atom stereocenters. The molecule has 0 aliphatic rings. The molecule has 0 saturated carbocycles. The zero-order chi connectivity index (χ0) is 10.7. The number of amides is 1. The Bertz CT molecular complexity index is 320. The minimum atomic E-state index is -0.429. The summed E-state index contributed by atoms with van der Waals surface area (Å²) in [5.41, 5.74) is 5.75. The lowest BCUT2D eigenvalue weighted by atomic mass is 10.1. The van der Waals surface area contributed by atoms with Crippen LogP contribution in [-0.4, -0.2) is 18.0 Å². The van der Waals surface area contributed by atoms with Gasteiger partial charge in [-0.3, -0.25) is 9.80 Å². The number of hydrogen-bond donors (Lipinski definition) is 2. The lowest BCUT2D eigenvalue weighted by molar-refractivity contribution is -0.130. The molecule has 4 N–H and O–H groups in total. The lowest BCUT2D eigenvalue weighted by Crippen LogP contribution is -2.35. The van der Waals surface area contributed by atoms with Gasteiger partial charge in [0, 0.05) is 7.05 Å². The van der Waals surface area contributed by atoms with E-state index in [1.165, 1.54) is 7.05 Å². The van der Waals surface area contributed by atoms with Gasteiger partial charge in [0.05, 0.1) is 12.5 Å². The Morgan fingerprint density at radius 1 is 1.64 bits per heavy atom. The Labute approximate surface area is 82.6 Å². The van der Waals surface area contributed by atoms with Crippen LogP contribution in [0, 0.1) is 6.92 Å². The molecule has 5 nitrogen and oxygen atoms in total. The Balaban J connectivity index is 2.59. The third kappa shape index (κ3) is 2.58. The first-order valence-electron chi connectivity index (χ1n) is 4.34. The van der Waals surface area contributed by atoms with Crippen molar-refractivity contribution in [3.63, 3.8) is 0 Å². The standard InChI is InChI=1S/C9H15N3O2/c1-6-3-4-8(14-6)7(10)5-9(13)12(2)11/h3-4,7H,5,10-11H2,1-2H3. The molecule has 1 rings (SSSR count). The van der Waals surface area contributed by atoms with E-state index in [1.54, 1.807) is 6.07 Å². The van der Waals surface area contributed by atoms with Gasteiger partial charge in [0.25, 0.3) is 0 Å². The van der Waals surface area contributed by atoms with Crippen LogP contribution >= 0.6 is 0 Å². The molecule has 1 heterocycles. The van der Waals surface area contributed by atoms with Crippen LogP contribution in [-0.2, 0) is 4.79 Å². The smallest absolute Gasteiger partial charge is 0.238 e. The van der Waals surface area contributed by atoms with Crippen LogP contribution in [0.25, 0.3) is 0 Å². The molecule has 5 heteroatoms. The molecule has 0 radical (unpaired) electrons. The van der Waals surface area contributed by atoms with Crippen molar-refractivity contribution in [3.05, 3.63) is 23.7 Å². The van der Waals surface area contributed by atoms with Crippen molar-refractivity contribution in [1.29, 1.82) is 0 Å². The number of aryl methyl sites for hydroxylation is 1. The summed E-state index contributed by atoms with van der Waals surface area (Å²) in [6, 6.07) is 3.15. The fourth-order valence-corrected chi connectivity index (χ4v) is 1.09. The molecule has 1 aromatic rings. The average molecular weight is 197 g/mol. The lowest BCUT2D eigenvalue weighted by Gasteiger charge is -2.12. The number of hydrazine groups is 1. The summed E-state index contributed by atoms with van der Waals surface area (Å²) in [5, 5.41) is 1.02. The first-order chi connectivity index (χ1) is 6.50. The van der Waals surface area contributed by atoms with E-state index in [4.69, 9.17) is 16.0 Å². The summed E-state index contributed by atoms with van der Waals surface area (Å²) in [4.78, 5) is 11.2. The molecule has 1 aromatic heterocycles. The van der Waals surface area contributed by atoms with Gasteiger partial charge in [0.2, 0.25) is 5.91 Å². The number of nitrogens with two attached hydrogens (primary N) is 2. The Hall–Kier alpha value is -1.33. The predicted molar refractivity (Wildman–Crippen MR) is 51.9 cm³/mol. The predicted octanol–water partition coefficient (Wildman–Crippen LogP) is 0.310. The second kappa shape index (κ2) is 4.26. The van der Waals surface area contributed by atoms with Gasteiger partial charge in [-0.2, -0.15) is 0 Å². The van der Waals surface area contributed by atoms with Gasteiger partial charge in [-0.1, -0.05) is 0 Å². The number of rotatable bonds is 3. The second-order valence-corrected chi connectivity index (χ2v) is 3.26. The average Bonchev–Trinajstić information content (AvgIpc) is 2.51. The SMILES string of the molecule is Cc1ccc(C(N)CC(=O)N(C)N)o1. The highest BCUT2D eigenvalue weighted by Gasteiger charge is 2.15. The maximum absolute atomic E-state index is 11.2. The van der Waals surface area contributed by atoms with Gasteiger partial charge in [-0.25, -0.2) is 5.84 Å². The fraction of sp³-hybridized carbons (Fsp3) is 0.444. The molecule has 0 aliphatic heterocycles. The van der Waals surface area contributed by atoms with Gasteiger partial charge < -0.3 is 10.2 Å². The van der Waals surface area contributed by atoms with Crippen molar-refractivity contribution >= 4 is 5.91 Å². The van der Waals surface area contributed by atoms with Crippen LogP contribution in [0.4, 0.5) is 0 Å². The highest BCUT2D eigenvalue weighted by Crippen LogP contribution is 2.17. The topological polar surface area (TPSA) is 85.5 Å². The van der Waals surface area contributed by atoms with Crippen LogP contribution in [0.15, 0.2) is 16.5 Å². The summed E-state index contributed by atoms with van der Waals surface area (Å²) in [5.74, 6) is 6.44. The van der Waals surface area contributed by atoms with E-state index in [-0.39, 0.29) is 12.3 Å². The van der Waals surface area contributed by atoms with Gasteiger partial charge in [-0.05, 0) is 19.1 Å². The monoisotopic (exact) mass is 197 g/mol. The number of carbonyl (C=O) groups is 1. The third-order valence-electron chi connectivity index (χ3n) is 1.91. The van der Waals surface area contributed by atoms with E-state index in [0.717, 1.165) is 10.8 Å². The zero-order valence-electron chi connectivity index (χ0n) is 8.36. The fourth-order valence-electron chi connectivity index (χ4n) is 1.09. The molecule has 1 atom stereocenters. The largest absolute Gasteiger partial charge is 0.465 e. The molecule has 1 amide bonds. The first kappa shape index (κ1) is 10.7. The summed E-state index contributed by atoms with van der Waals surface area (Å²) in [6.45, 7) is 1.83. The number of furan rings is 1. The van der Waals surface area contributed by atoms with E-state index in [9.17, 15) is 4.79 Å². The number of carbonyl (C=O) groups excluding carboxylic acids is 1. The van der Waals surface area contributed by atoms with E-state index < -0.39 is 6.04 Å². The van der Waals surface area contributed by atoms with E-state index in [0.29, 0.717) is 5.76 Å². The Morgan fingerprint density at radius 3 is 2.71 bits per heavy atom. The van der Waals surface area contributed by atoms with Crippen molar-refractivity contribution in [1.82, 2.24) is 5.01 Å². The normalized spacial score (nSPS) is 12.6. The van der Waals surface area contributed by atoms with Gasteiger partial charge in [-0.15, -0.1) is 0 Å². The molecule has 0 fully saturated rings. The molecular weight excluding hydrogens is 182 g/mol. The van der Waals surface area contributed by atoms with Crippen molar-refractivity contribution in [2.45, 2.75) is 19.4 Å². The number of nitrogens with zero attached hydrogens (tertiary/aromatic N) is 1. The molecule has 0 aliphatic carbocycles. The van der Waals surface area contributed by atoms with Gasteiger partial charge in [0.15, 0.2) is 0 Å². The quantitative estimate of drug-likeness (QED) is 0.415. The van der Waals surface area contributed by atoms with Gasteiger partial charge >= 0.3 is 0 Å². The van der Waals surface area contributed by atoms with Crippen molar-refractivity contribution in [2.75, 3.05) is 7.05 Å². The second-order valence-electron chi connectivity index (χ2n) is 3.26. The maximum atomic E-state index is 11.2. The summed E-state index contributed by atoms with van der Waals surface area (Å²) < 4.78 is 5.29. The molecule has 0 bridgehead atoms. The third-order valence-corrected chi connectivity index (χ3v) is 1.91. The zero-order valence-corrected chi connectivity index (χ0v) is 8.36. The van der Waals surface area contributed by atoms with Crippen LogP contribution in [0.2, 0.25) is 0 Å². The van der Waals surface area contributed by atoms with Crippen molar-refractivity contribution < 1.29 is 9.21 Å². The van der Waals surface area contributed by atoms with E-state index >= 15 is 0 Å². The minimum Gasteiger partial charge on any atom is -0.465 e. The Morgan fingerprint density at radius 2 is 2.29 bits per heavy atom. The van der Waals surface area contributed by atoms with E-state index in [2.05, 4.69) is 0 Å². The van der Waals surface area contributed by atoms with E-state index in [1.807, 2.05) is 13.0 Å². The van der Waals surface area contributed by atoms with Crippen molar-refractivity contribution in [3.8, 4) is 0 Å². The Kier molecular flexibility index (Phi) is 3.27. The molecular formula is C9H15N3O2. The van der Waals surface area contributed by atoms with Crippen LogP contribution in [0.3, 0.4) is 0 Å². The molecule has 14 heavy (non-hydrogen) atoms. The maximum Gasteiger partial charge on any atom is 0.238 e. The summed E-state index contributed by atoms with van der Waals surface area (Å²) >= 11 is 0. The molecule has 78 valence electrons. The highest BCUT2D eigenvalue weighted by molar-refractivity contribution is 5.75. The van der Waals surface area contributed by atoms with Crippen molar-refractivity contribution in [2.24, 2.45) is 11.6 Å². The number of hydrogen-bond acceptors (Lipinski definition) is 4.